The number of aromatic nitrogens is 2. The molecule has 1 aliphatic rings. The molecular weight excluding hydrogens is 433 g/mol. The van der Waals surface area contributed by atoms with Crippen molar-refractivity contribution in [2.24, 2.45) is 0 Å². The minimum atomic E-state index is -4.47. The Morgan fingerprint density at radius 3 is 2.55 bits per heavy atom. The highest BCUT2D eigenvalue weighted by molar-refractivity contribution is 5.99. The molecule has 0 radical (unpaired) electrons. The van der Waals surface area contributed by atoms with E-state index in [4.69, 9.17) is 10.5 Å². The monoisotopic (exact) mass is 458 g/mol. The van der Waals surface area contributed by atoms with Crippen LogP contribution in [0.25, 0.3) is 10.9 Å². The maximum atomic E-state index is 13.5. The Morgan fingerprint density at radius 2 is 1.94 bits per heavy atom. The molecule has 0 unspecified atom stereocenters. The average molecular weight is 458 g/mol. The SMILES string of the molecule is CC(C)N(C(=O)c1ccc2nc(N)c3c(c2c1)CO[C@@H]3C)[C@H](C)c1ccc(C(F)(F)F)cn1. The van der Waals surface area contributed by atoms with Crippen LogP contribution in [0.15, 0.2) is 36.5 Å². The second kappa shape index (κ2) is 8.30. The standard InChI is InChI=1S/C24H25F3N4O2/c1-12(2)31(13(3)19-8-6-16(10-29-19)24(25,26)27)23(32)15-5-7-20-17(9-15)18-11-33-14(4)21(18)22(28)30-20/h5-10,12-14H,11H2,1-4H3,(H2,28,30)/t13-,14-/m1/s1. The van der Waals surface area contributed by atoms with Crippen LogP contribution in [0.3, 0.4) is 0 Å². The summed E-state index contributed by atoms with van der Waals surface area (Å²) in [6, 6.07) is 6.77. The first-order valence-electron chi connectivity index (χ1n) is 10.7. The van der Waals surface area contributed by atoms with Crippen LogP contribution < -0.4 is 5.73 Å². The number of anilines is 1. The number of hydrogen-bond donors (Lipinski definition) is 1. The van der Waals surface area contributed by atoms with E-state index in [1.54, 1.807) is 30.0 Å². The first-order chi connectivity index (χ1) is 15.5. The van der Waals surface area contributed by atoms with Crippen molar-refractivity contribution in [1.82, 2.24) is 14.9 Å². The molecule has 33 heavy (non-hydrogen) atoms. The van der Waals surface area contributed by atoms with E-state index in [-0.39, 0.29) is 18.1 Å². The largest absolute Gasteiger partial charge is 0.417 e. The van der Waals surface area contributed by atoms with Gasteiger partial charge in [0.2, 0.25) is 0 Å². The summed E-state index contributed by atoms with van der Waals surface area (Å²) < 4.78 is 44.4. The van der Waals surface area contributed by atoms with E-state index in [2.05, 4.69) is 9.97 Å². The molecule has 0 fully saturated rings. The van der Waals surface area contributed by atoms with Crippen molar-refractivity contribution in [3.63, 3.8) is 0 Å². The number of nitrogens with zero attached hydrogens (tertiary/aromatic N) is 3. The van der Waals surface area contributed by atoms with Crippen molar-refractivity contribution in [2.75, 3.05) is 5.73 Å². The Balaban J connectivity index is 1.70. The van der Waals surface area contributed by atoms with E-state index in [0.29, 0.717) is 29.2 Å². The second-order valence-electron chi connectivity index (χ2n) is 8.53. The van der Waals surface area contributed by atoms with Gasteiger partial charge in [0.05, 0.1) is 35.5 Å². The van der Waals surface area contributed by atoms with Crippen molar-refractivity contribution >= 4 is 22.6 Å². The molecule has 174 valence electrons. The fourth-order valence-corrected chi connectivity index (χ4v) is 4.37. The number of nitrogens with two attached hydrogens (primary N) is 1. The van der Waals surface area contributed by atoms with E-state index < -0.39 is 17.8 Å². The molecule has 0 saturated carbocycles. The summed E-state index contributed by atoms with van der Waals surface area (Å²) in [5.74, 6) is 0.172. The van der Waals surface area contributed by atoms with Gasteiger partial charge < -0.3 is 15.4 Å². The van der Waals surface area contributed by atoms with Crippen molar-refractivity contribution < 1.29 is 22.7 Å². The van der Waals surface area contributed by atoms with E-state index in [0.717, 1.165) is 28.8 Å². The third kappa shape index (κ3) is 4.13. The second-order valence-corrected chi connectivity index (χ2v) is 8.53. The number of alkyl halides is 3. The van der Waals surface area contributed by atoms with E-state index in [1.165, 1.54) is 6.07 Å². The first-order valence-corrected chi connectivity index (χ1v) is 10.7. The molecule has 0 spiro atoms. The van der Waals surface area contributed by atoms with Crippen LogP contribution in [-0.2, 0) is 17.5 Å². The number of nitrogen functional groups attached to an aromatic ring is 1. The maximum Gasteiger partial charge on any atom is 0.417 e. The molecule has 9 heteroatoms. The Hall–Kier alpha value is -3.20. The molecule has 2 atom stereocenters. The molecular formula is C24H25F3N4O2. The Bertz CT molecular complexity index is 1210. The van der Waals surface area contributed by atoms with Crippen molar-refractivity contribution in [3.05, 3.63) is 64.5 Å². The summed E-state index contributed by atoms with van der Waals surface area (Å²) in [4.78, 5) is 23.6. The molecule has 3 aromatic rings. The lowest BCUT2D eigenvalue weighted by Gasteiger charge is -2.33. The van der Waals surface area contributed by atoms with E-state index in [1.807, 2.05) is 20.8 Å². The lowest BCUT2D eigenvalue weighted by atomic mass is 9.99. The summed E-state index contributed by atoms with van der Waals surface area (Å²) in [6.07, 6.45) is -3.84. The zero-order valence-corrected chi connectivity index (χ0v) is 18.8. The minimum absolute atomic E-state index is 0.172. The van der Waals surface area contributed by atoms with Crippen LogP contribution in [0.2, 0.25) is 0 Å². The minimum Gasteiger partial charge on any atom is -0.383 e. The number of halogens is 3. The topological polar surface area (TPSA) is 81.3 Å². The summed E-state index contributed by atoms with van der Waals surface area (Å²) in [7, 11) is 0. The summed E-state index contributed by atoms with van der Waals surface area (Å²) in [6.45, 7) is 7.76. The predicted octanol–water partition coefficient (Wildman–Crippen LogP) is 5.43. The number of carbonyl (C=O) groups is 1. The molecule has 0 saturated heterocycles. The Labute approximate surface area is 189 Å². The number of carbonyl (C=O) groups excluding carboxylic acids is 1. The molecule has 2 aromatic heterocycles. The summed E-state index contributed by atoms with van der Waals surface area (Å²) >= 11 is 0. The molecule has 6 nitrogen and oxygen atoms in total. The zero-order chi connectivity index (χ0) is 24.1. The average Bonchev–Trinajstić information content (AvgIpc) is 3.15. The zero-order valence-electron chi connectivity index (χ0n) is 18.8. The lowest BCUT2D eigenvalue weighted by Crippen LogP contribution is -2.39. The smallest absolute Gasteiger partial charge is 0.383 e. The van der Waals surface area contributed by atoms with Gasteiger partial charge in [-0.1, -0.05) is 0 Å². The van der Waals surface area contributed by atoms with Crippen LogP contribution >= 0.6 is 0 Å². The number of pyridine rings is 2. The normalized spacial score (nSPS) is 16.8. The summed E-state index contributed by atoms with van der Waals surface area (Å²) in [5, 5.41) is 0.804. The highest BCUT2D eigenvalue weighted by atomic mass is 19.4. The van der Waals surface area contributed by atoms with Gasteiger partial charge in [0.1, 0.15) is 5.82 Å². The van der Waals surface area contributed by atoms with Gasteiger partial charge in [-0.05, 0) is 63.6 Å². The molecule has 0 bridgehead atoms. The van der Waals surface area contributed by atoms with Gasteiger partial charge >= 0.3 is 6.18 Å². The van der Waals surface area contributed by atoms with Gasteiger partial charge in [-0.3, -0.25) is 9.78 Å². The maximum absolute atomic E-state index is 13.5. The van der Waals surface area contributed by atoms with Crippen LogP contribution in [-0.4, -0.2) is 26.8 Å². The Kier molecular flexibility index (Phi) is 5.78. The Morgan fingerprint density at radius 1 is 1.21 bits per heavy atom. The lowest BCUT2D eigenvalue weighted by molar-refractivity contribution is -0.137. The van der Waals surface area contributed by atoms with E-state index in [9.17, 15) is 18.0 Å². The van der Waals surface area contributed by atoms with Crippen molar-refractivity contribution in [3.8, 4) is 0 Å². The van der Waals surface area contributed by atoms with Crippen LogP contribution in [0, 0.1) is 0 Å². The number of hydrogen-bond acceptors (Lipinski definition) is 5. The number of ether oxygens (including phenoxy) is 1. The van der Waals surface area contributed by atoms with Crippen LogP contribution in [0.4, 0.5) is 19.0 Å². The van der Waals surface area contributed by atoms with Crippen LogP contribution in [0.5, 0.6) is 0 Å². The molecule has 4 rings (SSSR count). The van der Waals surface area contributed by atoms with Crippen LogP contribution in [0.1, 0.15) is 72.6 Å². The van der Waals surface area contributed by atoms with Gasteiger partial charge in [0.25, 0.3) is 5.91 Å². The third-order valence-electron chi connectivity index (χ3n) is 6.04. The van der Waals surface area contributed by atoms with Crippen molar-refractivity contribution in [1.29, 1.82) is 0 Å². The van der Waals surface area contributed by atoms with E-state index >= 15 is 0 Å². The van der Waals surface area contributed by atoms with Gasteiger partial charge in [-0.25, -0.2) is 4.98 Å². The summed E-state index contributed by atoms with van der Waals surface area (Å²) in [5.41, 5.74) is 8.55. The van der Waals surface area contributed by atoms with Gasteiger partial charge in [-0.2, -0.15) is 13.2 Å². The fraction of sp³-hybridized carbons (Fsp3) is 0.375. The molecule has 3 heterocycles. The number of fused-ring (bicyclic) bond motifs is 3. The molecule has 1 aromatic carbocycles. The molecule has 0 aliphatic carbocycles. The molecule has 2 N–H and O–H groups in total. The van der Waals surface area contributed by atoms with Gasteiger partial charge in [-0.15, -0.1) is 0 Å². The molecule has 1 aliphatic heterocycles. The highest BCUT2D eigenvalue weighted by Crippen LogP contribution is 2.38. The first kappa shape index (κ1) is 23.0. The molecule has 1 amide bonds. The number of amides is 1. The fourth-order valence-electron chi connectivity index (χ4n) is 4.37. The highest BCUT2D eigenvalue weighted by Gasteiger charge is 2.32. The third-order valence-corrected chi connectivity index (χ3v) is 6.04. The van der Waals surface area contributed by atoms with Gasteiger partial charge in [0.15, 0.2) is 0 Å². The predicted molar refractivity (Wildman–Crippen MR) is 118 cm³/mol. The van der Waals surface area contributed by atoms with Gasteiger partial charge in [0, 0.05) is 28.8 Å². The number of benzene rings is 1. The number of rotatable bonds is 4. The van der Waals surface area contributed by atoms with Crippen molar-refractivity contribution in [2.45, 2.75) is 58.7 Å². The quantitative estimate of drug-likeness (QED) is 0.564.